The number of aromatic carboxylic acids is 1. The van der Waals surface area contributed by atoms with E-state index in [-0.39, 0.29) is 11.6 Å². The van der Waals surface area contributed by atoms with E-state index in [9.17, 15) is 9.59 Å². The van der Waals surface area contributed by atoms with Crippen LogP contribution < -0.4 is 5.32 Å². The van der Waals surface area contributed by atoms with E-state index in [4.69, 9.17) is 9.84 Å². The third kappa shape index (κ3) is 5.95. The number of rotatable bonds is 9. The van der Waals surface area contributed by atoms with Crippen LogP contribution >= 0.6 is 11.3 Å². The van der Waals surface area contributed by atoms with Crippen molar-refractivity contribution in [3.05, 3.63) is 52.0 Å². The van der Waals surface area contributed by atoms with E-state index >= 15 is 0 Å². The molecule has 1 aromatic heterocycles. The van der Waals surface area contributed by atoms with Gasteiger partial charge in [-0.3, -0.25) is 4.79 Å². The topological polar surface area (TPSA) is 88.5 Å². The van der Waals surface area contributed by atoms with Gasteiger partial charge >= 0.3 is 5.97 Å². The number of hydrogen-bond acceptors (Lipinski definition) is 5. The minimum Gasteiger partial charge on any atom is -0.476 e. The number of benzene rings is 1. The van der Waals surface area contributed by atoms with E-state index in [1.54, 1.807) is 0 Å². The lowest BCUT2D eigenvalue weighted by Gasteiger charge is -2.23. The van der Waals surface area contributed by atoms with Crippen molar-refractivity contribution in [1.82, 2.24) is 10.3 Å². The van der Waals surface area contributed by atoms with Crippen LogP contribution in [0.25, 0.3) is 0 Å². The quantitative estimate of drug-likeness (QED) is 0.716. The molecule has 0 aliphatic rings. The van der Waals surface area contributed by atoms with Crippen molar-refractivity contribution in [3.63, 3.8) is 0 Å². The Hall–Kier alpha value is -2.25. The average molecular weight is 362 g/mol. The lowest BCUT2D eigenvalue weighted by molar-refractivity contribution is -0.132. The van der Waals surface area contributed by atoms with Crippen molar-refractivity contribution in [3.8, 4) is 0 Å². The molecule has 25 heavy (non-hydrogen) atoms. The molecule has 0 saturated carbocycles. The van der Waals surface area contributed by atoms with Crippen LogP contribution in [-0.4, -0.2) is 35.1 Å². The van der Waals surface area contributed by atoms with Crippen LogP contribution in [-0.2, 0) is 22.6 Å². The van der Waals surface area contributed by atoms with Gasteiger partial charge in [0.05, 0.1) is 23.6 Å². The van der Waals surface area contributed by atoms with Crippen LogP contribution in [0.4, 0.5) is 0 Å². The number of carboxylic acids is 1. The van der Waals surface area contributed by atoms with Crippen LogP contribution in [0.5, 0.6) is 0 Å². The molecule has 0 bridgehead atoms. The van der Waals surface area contributed by atoms with Gasteiger partial charge in [-0.15, -0.1) is 11.3 Å². The summed E-state index contributed by atoms with van der Waals surface area (Å²) in [5, 5.41) is 13.9. The zero-order valence-electron chi connectivity index (χ0n) is 14.3. The van der Waals surface area contributed by atoms with Crippen molar-refractivity contribution < 1.29 is 19.4 Å². The SMILES string of the molecule is CC(C)(COCc1ccccc1)C(=O)NCCc1nc(C(=O)O)cs1. The third-order valence-corrected chi connectivity index (χ3v) is 4.49. The van der Waals surface area contributed by atoms with E-state index in [1.807, 2.05) is 44.2 Å². The zero-order valence-corrected chi connectivity index (χ0v) is 15.1. The number of amides is 1. The summed E-state index contributed by atoms with van der Waals surface area (Å²) in [5.41, 5.74) is 0.460. The standard InChI is InChI=1S/C18H22N2O4S/c1-18(2,12-24-10-13-6-4-3-5-7-13)17(23)19-9-8-15-20-14(11-25-15)16(21)22/h3-7,11H,8-10,12H2,1-2H3,(H,19,23)(H,21,22). The number of carbonyl (C=O) groups is 2. The van der Waals surface area contributed by atoms with Gasteiger partial charge in [0.2, 0.25) is 5.91 Å². The Bertz CT molecular complexity index is 713. The lowest BCUT2D eigenvalue weighted by Crippen LogP contribution is -2.40. The van der Waals surface area contributed by atoms with Gasteiger partial charge in [0, 0.05) is 18.3 Å². The molecule has 1 heterocycles. The Balaban J connectivity index is 1.73. The second kappa shape index (κ2) is 8.73. The van der Waals surface area contributed by atoms with Crippen molar-refractivity contribution in [1.29, 1.82) is 0 Å². The summed E-state index contributed by atoms with van der Waals surface area (Å²) in [6.07, 6.45) is 0.505. The van der Waals surface area contributed by atoms with Crippen molar-refractivity contribution in [2.45, 2.75) is 26.9 Å². The Morgan fingerprint density at radius 2 is 2.00 bits per heavy atom. The molecular weight excluding hydrogens is 340 g/mol. The van der Waals surface area contributed by atoms with Crippen molar-refractivity contribution in [2.75, 3.05) is 13.2 Å². The minimum atomic E-state index is -1.04. The number of nitrogens with one attached hydrogen (secondary N) is 1. The van der Waals surface area contributed by atoms with Crippen LogP contribution in [0, 0.1) is 5.41 Å². The van der Waals surface area contributed by atoms with Crippen LogP contribution in [0.2, 0.25) is 0 Å². The zero-order chi connectivity index (χ0) is 18.3. The normalized spacial score (nSPS) is 11.3. The fourth-order valence-electron chi connectivity index (χ4n) is 2.11. The molecule has 0 unspecified atom stereocenters. The number of aromatic nitrogens is 1. The molecule has 0 spiro atoms. The molecule has 7 heteroatoms. The number of ether oxygens (including phenoxy) is 1. The van der Waals surface area contributed by atoms with Gasteiger partial charge in [-0.1, -0.05) is 30.3 Å². The van der Waals surface area contributed by atoms with E-state index in [0.717, 1.165) is 5.56 Å². The van der Waals surface area contributed by atoms with Crippen LogP contribution in [0.1, 0.15) is 34.9 Å². The second-order valence-electron chi connectivity index (χ2n) is 6.30. The molecule has 0 atom stereocenters. The number of hydrogen-bond donors (Lipinski definition) is 2. The van der Waals surface area contributed by atoms with E-state index < -0.39 is 11.4 Å². The molecule has 6 nitrogen and oxygen atoms in total. The average Bonchev–Trinajstić information content (AvgIpc) is 3.05. The highest BCUT2D eigenvalue weighted by atomic mass is 32.1. The number of thiazole rings is 1. The van der Waals surface area contributed by atoms with Crippen molar-refractivity contribution in [2.24, 2.45) is 5.41 Å². The smallest absolute Gasteiger partial charge is 0.355 e. The summed E-state index contributed by atoms with van der Waals surface area (Å²) in [4.78, 5) is 27.1. The molecular formula is C18H22N2O4S. The largest absolute Gasteiger partial charge is 0.476 e. The molecule has 0 aliphatic carbocycles. The first kappa shape index (κ1) is 19.1. The summed E-state index contributed by atoms with van der Waals surface area (Å²) >= 11 is 1.28. The lowest BCUT2D eigenvalue weighted by atomic mass is 9.93. The first-order valence-electron chi connectivity index (χ1n) is 7.96. The molecule has 2 rings (SSSR count). The molecule has 0 aliphatic heterocycles. The van der Waals surface area contributed by atoms with Gasteiger partial charge in [-0.2, -0.15) is 0 Å². The van der Waals surface area contributed by atoms with E-state index in [2.05, 4.69) is 10.3 Å². The Morgan fingerprint density at radius 3 is 2.64 bits per heavy atom. The first-order valence-corrected chi connectivity index (χ1v) is 8.84. The van der Waals surface area contributed by atoms with Crippen LogP contribution in [0.15, 0.2) is 35.7 Å². The highest BCUT2D eigenvalue weighted by Gasteiger charge is 2.27. The monoisotopic (exact) mass is 362 g/mol. The highest BCUT2D eigenvalue weighted by Crippen LogP contribution is 2.17. The van der Waals surface area contributed by atoms with E-state index in [0.29, 0.717) is 31.2 Å². The van der Waals surface area contributed by atoms with Gasteiger partial charge in [0.15, 0.2) is 5.69 Å². The van der Waals surface area contributed by atoms with Gasteiger partial charge in [-0.25, -0.2) is 9.78 Å². The Labute approximate surface area is 150 Å². The van der Waals surface area contributed by atoms with Gasteiger partial charge in [0.1, 0.15) is 0 Å². The predicted octanol–water partition coefficient (Wildman–Crippen LogP) is 2.74. The summed E-state index contributed by atoms with van der Waals surface area (Å²) < 4.78 is 5.66. The minimum absolute atomic E-state index is 0.0426. The van der Waals surface area contributed by atoms with Gasteiger partial charge < -0.3 is 15.2 Å². The van der Waals surface area contributed by atoms with E-state index in [1.165, 1.54) is 16.7 Å². The van der Waals surface area contributed by atoms with Crippen molar-refractivity contribution >= 4 is 23.2 Å². The maximum Gasteiger partial charge on any atom is 0.355 e. The van der Waals surface area contributed by atoms with Gasteiger partial charge in [-0.05, 0) is 19.4 Å². The first-order chi connectivity index (χ1) is 11.9. The number of carbonyl (C=O) groups excluding carboxylic acids is 1. The molecule has 0 radical (unpaired) electrons. The van der Waals surface area contributed by atoms with Crippen LogP contribution in [0.3, 0.4) is 0 Å². The summed E-state index contributed by atoms with van der Waals surface area (Å²) in [6, 6.07) is 9.80. The molecule has 1 aromatic carbocycles. The highest BCUT2D eigenvalue weighted by molar-refractivity contribution is 7.09. The maximum atomic E-state index is 12.3. The third-order valence-electron chi connectivity index (χ3n) is 3.58. The summed E-state index contributed by atoms with van der Waals surface area (Å²) in [6.45, 7) is 4.86. The number of nitrogens with zero attached hydrogens (tertiary/aromatic N) is 1. The molecule has 0 fully saturated rings. The fraction of sp³-hybridized carbons (Fsp3) is 0.389. The maximum absolute atomic E-state index is 12.3. The Kier molecular flexibility index (Phi) is 6.66. The molecule has 2 N–H and O–H groups in total. The molecule has 0 saturated heterocycles. The molecule has 2 aromatic rings. The number of carboxylic acid groups (broad SMARTS) is 1. The Morgan fingerprint density at radius 1 is 1.28 bits per heavy atom. The van der Waals surface area contributed by atoms with Gasteiger partial charge in [0.25, 0.3) is 0 Å². The summed E-state index contributed by atoms with van der Waals surface area (Å²) in [5.74, 6) is -1.14. The fourth-order valence-corrected chi connectivity index (χ4v) is 2.88. The second-order valence-corrected chi connectivity index (χ2v) is 7.24. The summed E-state index contributed by atoms with van der Waals surface area (Å²) in [7, 11) is 0. The predicted molar refractivity (Wildman–Crippen MR) is 95.7 cm³/mol. The molecule has 1 amide bonds. The molecule has 134 valence electrons.